The first-order valence-electron chi connectivity index (χ1n) is 16.6. The predicted octanol–water partition coefficient (Wildman–Crippen LogP) is 11.0. The Morgan fingerprint density at radius 3 is 2.39 bits per heavy atom. The Labute approximate surface area is 280 Å². The highest BCUT2D eigenvalue weighted by Gasteiger charge is 2.57. The number of benzene rings is 2. The van der Waals surface area contributed by atoms with E-state index in [-0.39, 0.29) is 22.0 Å². The first kappa shape index (κ1) is 33.9. The minimum absolute atomic E-state index is 0.00481. The summed E-state index contributed by atoms with van der Waals surface area (Å²) in [6.45, 7) is 24.8. The van der Waals surface area contributed by atoms with Crippen LogP contribution < -0.4 is 9.47 Å². The molecule has 0 N–H and O–H groups in total. The Kier molecular flexibility index (Phi) is 9.31. The lowest BCUT2D eigenvalue weighted by atomic mass is 9.44. The van der Waals surface area contributed by atoms with Gasteiger partial charge < -0.3 is 9.47 Å². The van der Waals surface area contributed by atoms with Crippen molar-refractivity contribution < 1.29 is 14.3 Å². The molecule has 4 aliphatic rings. The van der Waals surface area contributed by atoms with Crippen molar-refractivity contribution in [2.24, 2.45) is 22.7 Å². The van der Waals surface area contributed by atoms with Gasteiger partial charge >= 0.3 is 5.97 Å². The third-order valence-electron chi connectivity index (χ3n) is 11.6. The average Bonchev–Trinajstić information content (AvgIpc) is 3.02. The fourth-order valence-corrected chi connectivity index (χ4v) is 10.2. The lowest BCUT2D eigenvalue weighted by molar-refractivity contribution is -0.132. The second kappa shape index (κ2) is 12.6. The molecule has 6 atom stereocenters. The Bertz CT molecular complexity index is 1680. The molecule has 0 aliphatic heterocycles. The molecule has 2 unspecified atom stereocenters. The van der Waals surface area contributed by atoms with E-state index in [0.29, 0.717) is 28.6 Å². The number of carbonyl (C=O) groups excluding carboxylic acids is 1. The van der Waals surface area contributed by atoms with Crippen molar-refractivity contribution in [2.45, 2.75) is 109 Å². The van der Waals surface area contributed by atoms with Crippen LogP contribution >= 0.6 is 11.8 Å². The molecule has 0 heterocycles. The number of allylic oxidation sites excluding steroid dienone is 4. The highest BCUT2D eigenvalue weighted by atomic mass is 32.2. The van der Waals surface area contributed by atoms with Crippen LogP contribution in [0.5, 0.6) is 11.5 Å². The molecule has 6 rings (SSSR count). The van der Waals surface area contributed by atoms with E-state index in [4.69, 9.17) is 14.7 Å². The Balaban J connectivity index is 0.00000204. The minimum Gasteiger partial charge on any atom is -0.450 e. The lowest BCUT2D eigenvalue weighted by Gasteiger charge is -2.60. The van der Waals surface area contributed by atoms with Crippen LogP contribution in [0.3, 0.4) is 0 Å². The Hall–Kier alpha value is -3.45. The molecule has 2 aromatic rings. The van der Waals surface area contributed by atoms with Crippen molar-refractivity contribution in [3.63, 3.8) is 0 Å². The summed E-state index contributed by atoms with van der Waals surface area (Å²) in [5, 5.41) is 6.59. The Morgan fingerprint density at radius 1 is 1.04 bits per heavy atom. The fourth-order valence-electron chi connectivity index (χ4n) is 8.98. The van der Waals surface area contributed by atoms with E-state index in [1.54, 1.807) is 11.1 Å². The summed E-state index contributed by atoms with van der Waals surface area (Å²) in [6.07, 6.45) is 12.6. The van der Waals surface area contributed by atoms with Crippen LogP contribution in [0.4, 0.5) is 0 Å². The van der Waals surface area contributed by atoms with Gasteiger partial charge in [0.05, 0.1) is 5.25 Å². The third kappa shape index (κ3) is 5.69. The van der Waals surface area contributed by atoms with Crippen molar-refractivity contribution >= 4 is 17.7 Å². The smallest absolute Gasteiger partial charge is 0.308 e. The first-order valence-corrected chi connectivity index (χ1v) is 17.5. The molecule has 0 amide bonds. The van der Waals surface area contributed by atoms with Crippen LogP contribution in [-0.4, -0.2) is 5.97 Å². The topological polar surface area (TPSA) is 59.3 Å². The van der Waals surface area contributed by atoms with E-state index in [9.17, 15) is 4.79 Å². The van der Waals surface area contributed by atoms with Gasteiger partial charge in [-0.3, -0.25) is 4.79 Å². The van der Waals surface area contributed by atoms with Gasteiger partial charge in [-0.1, -0.05) is 87.4 Å². The van der Waals surface area contributed by atoms with Crippen LogP contribution in [0, 0.1) is 48.3 Å². The molecule has 0 bridgehead atoms. The highest BCUT2D eigenvalue weighted by molar-refractivity contribution is 7.99. The van der Waals surface area contributed by atoms with E-state index in [2.05, 4.69) is 103 Å². The zero-order chi connectivity index (χ0) is 33.6. The molecule has 5 heteroatoms. The summed E-state index contributed by atoms with van der Waals surface area (Å²) < 4.78 is 12.2. The highest BCUT2D eigenvalue weighted by Crippen LogP contribution is 2.68. The van der Waals surface area contributed by atoms with Gasteiger partial charge in [-0.05, 0) is 92.5 Å². The maximum absolute atomic E-state index is 12.4. The summed E-state index contributed by atoms with van der Waals surface area (Å²) >= 11 is 1.90. The minimum atomic E-state index is -0.354. The number of aryl methyl sites for hydroxylation is 1. The number of rotatable bonds is 5. The van der Waals surface area contributed by atoms with Gasteiger partial charge in [0, 0.05) is 41.7 Å². The number of fused-ring (bicyclic) bond motifs is 7. The molecular weight excluding hydrogens is 587 g/mol. The van der Waals surface area contributed by atoms with E-state index in [0.717, 1.165) is 17.9 Å². The number of nitriles is 1. The molecule has 4 nitrogen and oxygen atoms in total. The van der Waals surface area contributed by atoms with E-state index in [1.807, 2.05) is 18.7 Å². The monoisotopic (exact) mass is 635 g/mol. The number of hydrogen-bond acceptors (Lipinski definition) is 5. The maximum Gasteiger partial charge on any atom is 0.308 e. The second-order valence-electron chi connectivity index (χ2n) is 14.8. The zero-order valence-electron chi connectivity index (χ0n) is 28.9. The molecule has 46 heavy (non-hydrogen) atoms. The van der Waals surface area contributed by atoms with Gasteiger partial charge in [0.15, 0.2) is 11.5 Å². The molecule has 2 saturated carbocycles. The number of hydrogen-bond donors (Lipinski definition) is 0. The zero-order valence-corrected chi connectivity index (χ0v) is 29.7. The average molecular weight is 636 g/mol. The van der Waals surface area contributed by atoms with Crippen LogP contribution in [0.25, 0.3) is 0 Å². The number of ether oxygens (including phenoxy) is 2. The van der Waals surface area contributed by atoms with Gasteiger partial charge in [-0.2, -0.15) is 0 Å². The third-order valence-corrected chi connectivity index (χ3v) is 12.8. The van der Waals surface area contributed by atoms with Gasteiger partial charge in [0.25, 0.3) is 0 Å². The van der Waals surface area contributed by atoms with Crippen molar-refractivity contribution in [3.8, 4) is 18.1 Å². The summed E-state index contributed by atoms with van der Waals surface area (Å²) in [7, 11) is 0. The summed E-state index contributed by atoms with van der Waals surface area (Å²) in [5.41, 5.74) is 11.1. The number of carbonyl (C=O) groups is 1. The predicted molar refractivity (Wildman–Crippen MR) is 188 cm³/mol. The SMILES string of the molecule is C#N.C=C=C(C)Oc1c(OC(C)=O)cc2c(c1C)C(Sc1ccc(C)cc1)C=C1C3(C)CC[C@@]4(C)CC[C@H](C)C[C@H]4C3=CC[C@]12C. The summed E-state index contributed by atoms with van der Waals surface area (Å²) in [5.74, 6) is 2.66. The largest absolute Gasteiger partial charge is 0.450 e. The van der Waals surface area contributed by atoms with Crippen molar-refractivity contribution in [3.05, 3.63) is 94.0 Å². The summed E-state index contributed by atoms with van der Waals surface area (Å²) in [6, 6.07) is 11.0. The van der Waals surface area contributed by atoms with E-state index in [1.165, 1.54) is 60.6 Å². The van der Waals surface area contributed by atoms with Gasteiger partial charge in [0.1, 0.15) is 5.76 Å². The first-order chi connectivity index (χ1) is 21.8. The molecule has 0 radical (unpaired) electrons. The number of thioether (sulfide) groups is 1. The molecule has 0 aromatic heterocycles. The van der Waals surface area contributed by atoms with Crippen LogP contribution in [0.2, 0.25) is 0 Å². The van der Waals surface area contributed by atoms with Crippen LogP contribution in [0.1, 0.15) is 108 Å². The molecule has 2 aromatic carbocycles. The molecule has 242 valence electrons. The normalized spacial score (nSPS) is 30.7. The number of esters is 1. The maximum atomic E-state index is 12.4. The van der Waals surface area contributed by atoms with E-state index >= 15 is 0 Å². The van der Waals surface area contributed by atoms with Crippen molar-refractivity contribution in [1.29, 1.82) is 5.26 Å². The summed E-state index contributed by atoms with van der Waals surface area (Å²) in [4.78, 5) is 13.6. The molecule has 0 spiro atoms. The fraction of sp³-hybridized carbons (Fsp3) is 0.488. The lowest BCUT2D eigenvalue weighted by Crippen LogP contribution is -2.50. The van der Waals surface area contributed by atoms with Crippen LogP contribution in [0.15, 0.2) is 76.6 Å². The Morgan fingerprint density at radius 2 is 1.74 bits per heavy atom. The quantitative estimate of drug-likeness (QED) is 0.108. The second-order valence-corrected chi connectivity index (χ2v) is 16.0. The van der Waals surface area contributed by atoms with Crippen molar-refractivity contribution in [2.75, 3.05) is 0 Å². The number of nitrogens with zero attached hydrogens (tertiary/aromatic N) is 1. The van der Waals surface area contributed by atoms with Gasteiger partial charge in [-0.15, -0.1) is 11.8 Å². The van der Waals surface area contributed by atoms with Crippen LogP contribution in [-0.2, 0) is 10.2 Å². The van der Waals surface area contributed by atoms with Gasteiger partial charge in [0.2, 0.25) is 0 Å². The standard InChI is InChI=1S/C40H48O3S.CHN/c1-10-26(4)42-37-27(5)36-32(22-33(37)43-28(6)41)39(8)18-16-30-31-21-25(3)15-17-38(31,7)19-20-40(30,9)35(39)23-34(36)44-29-13-11-24(2)12-14-29;1-2/h11-14,16,22-23,25,31,34H,1,15,17-21H2,2-9H3;1H/t25-,31-,34?,38+,39-,40?;/m0./s1. The molecule has 0 saturated heterocycles. The molecule has 2 fully saturated rings. The van der Waals surface area contributed by atoms with Crippen molar-refractivity contribution in [1.82, 2.24) is 0 Å². The molecular formula is C41H49NO3S. The molecule has 4 aliphatic carbocycles. The van der Waals surface area contributed by atoms with E-state index < -0.39 is 0 Å². The van der Waals surface area contributed by atoms with Gasteiger partial charge in [-0.25, -0.2) is 5.26 Å².